The van der Waals surface area contributed by atoms with Crippen LogP contribution in [0.4, 0.5) is 0 Å². The summed E-state index contributed by atoms with van der Waals surface area (Å²) in [6.07, 6.45) is 73.2. The Balaban J connectivity index is 5.19. The number of esters is 1. The van der Waals surface area contributed by atoms with Gasteiger partial charge in [0.1, 0.15) is 19.3 Å². The summed E-state index contributed by atoms with van der Waals surface area (Å²) >= 11 is 0. The van der Waals surface area contributed by atoms with Gasteiger partial charge in [-0.3, -0.25) is 18.6 Å². The Labute approximate surface area is 476 Å². The Hall–Kier alpha value is -2.55. The summed E-state index contributed by atoms with van der Waals surface area (Å²) in [5.74, 6) is -0.515. The molecule has 77 heavy (non-hydrogen) atoms. The summed E-state index contributed by atoms with van der Waals surface area (Å²) in [5.41, 5.74) is 0. The molecule has 0 aromatic carbocycles. The maximum Gasteiger partial charge on any atom is 0.472 e. The van der Waals surface area contributed by atoms with E-state index in [1.165, 1.54) is 167 Å². The van der Waals surface area contributed by atoms with Gasteiger partial charge in [-0.2, -0.15) is 0 Å². The fourth-order valence-electron chi connectivity index (χ4n) is 9.10. The highest BCUT2D eigenvalue weighted by Gasteiger charge is 2.30. The number of rotatable bonds is 58. The highest BCUT2D eigenvalue weighted by Crippen LogP contribution is 2.43. The van der Waals surface area contributed by atoms with E-state index in [0.29, 0.717) is 17.4 Å². The molecule has 0 aliphatic carbocycles. The predicted molar refractivity (Wildman–Crippen MR) is 332 cm³/mol. The number of phosphoric acid groups is 1. The van der Waals surface area contributed by atoms with Crippen molar-refractivity contribution in [2.24, 2.45) is 0 Å². The zero-order valence-corrected chi connectivity index (χ0v) is 52.1. The molecule has 10 heteroatoms. The maximum absolute atomic E-state index is 13.6. The molecule has 0 saturated carbocycles. The minimum absolute atomic E-state index is 0.0359. The number of phosphoric ester groups is 1. The lowest BCUT2D eigenvalue weighted by atomic mass is 10.0. The standard InChI is InChI=1S/C67H123N2O7P/c1-7-10-13-16-19-22-25-27-29-31-33-34-36-37-39-41-44-47-50-53-56-59-66(70)68-64(63-75-77(72,73)74-62-61-69(4,5)6)65(58-55-52-49-46-43-24-21-18-15-12-9-3)76-67(71)60-57-54-51-48-45-42-40-38-35-32-30-28-26-23-20-17-14-11-8-2/h19-20,22-23,27-30,33-34,55,58,64-65H,7-18,21,24-26,31-32,35-54,56-57,59-63H2,1-6H3,(H-,68,70,72,73)/p+1/b22-19-,23-20-,29-27-,30-28-,34-33-,58-55+. The SMILES string of the molecule is CCCCC/C=C\C/C=C\C/C=C\CCCCCCCCCCC(=O)NC(COP(=O)(O)OCC[N+](C)(C)C)C(/C=C/CCCCCCCCCCC)OC(=O)CCCCCCCCCCC/C=C\C/C=C\CCCCC. The van der Waals surface area contributed by atoms with Crippen LogP contribution in [0, 0.1) is 0 Å². The number of hydrogen-bond donors (Lipinski definition) is 2. The minimum atomic E-state index is -4.45. The third-order valence-corrected chi connectivity index (χ3v) is 15.1. The number of amides is 1. The summed E-state index contributed by atoms with van der Waals surface area (Å²) in [7, 11) is 1.49. The van der Waals surface area contributed by atoms with Gasteiger partial charge in [0.05, 0.1) is 33.8 Å². The van der Waals surface area contributed by atoms with E-state index in [1.807, 2.05) is 33.3 Å². The third-order valence-electron chi connectivity index (χ3n) is 14.1. The van der Waals surface area contributed by atoms with Crippen molar-refractivity contribution in [1.82, 2.24) is 5.32 Å². The molecule has 0 spiro atoms. The van der Waals surface area contributed by atoms with E-state index in [2.05, 4.69) is 86.8 Å². The van der Waals surface area contributed by atoms with Gasteiger partial charge in [-0.1, -0.05) is 248 Å². The smallest absolute Gasteiger partial charge is 0.456 e. The van der Waals surface area contributed by atoms with Gasteiger partial charge >= 0.3 is 13.8 Å². The lowest BCUT2D eigenvalue weighted by Crippen LogP contribution is -2.47. The molecule has 2 N–H and O–H groups in total. The van der Waals surface area contributed by atoms with Crippen LogP contribution in [0.1, 0.15) is 290 Å². The van der Waals surface area contributed by atoms with Crippen molar-refractivity contribution in [1.29, 1.82) is 0 Å². The molecule has 9 nitrogen and oxygen atoms in total. The zero-order chi connectivity index (χ0) is 56.4. The number of unbranched alkanes of at least 4 members (excludes halogenated alkanes) is 32. The predicted octanol–water partition coefficient (Wildman–Crippen LogP) is 20.0. The maximum atomic E-state index is 13.6. The molecule has 3 unspecified atom stereocenters. The fraction of sp³-hybridized carbons (Fsp3) is 0.791. The number of allylic oxidation sites excluding steroid dienone is 11. The first-order valence-corrected chi connectivity index (χ1v) is 33.8. The number of hydrogen-bond acceptors (Lipinski definition) is 6. The average molecular weight is 1100 g/mol. The second kappa shape index (κ2) is 56.7. The van der Waals surface area contributed by atoms with Crippen LogP contribution in [-0.2, 0) is 27.9 Å². The number of carbonyl (C=O) groups excluding carboxylic acids is 2. The van der Waals surface area contributed by atoms with Gasteiger partial charge < -0.3 is 19.4 Å². The highest BCUT2D eigenvalue weighted by atomic mass is 31.2. The van der Waals surface area contributed by atoms with Gasteiger partial charge in [-0.15, -0.1) is 0 Å². The number of ether oxygens (including phenoxy) is 1. The Kier molecular flexibility index (Phi) is 54.8. The second-order valence-electron chi connectivity index (χ2n) is 22.9. The highest BCUT2D eigenvalue weighted by molar-refractivity contribution is 7.47. The fourth-order valence-corrected chi connectivity index (χ4v) is 9.83. The molecule has 1 amide bonds. The number of quaternary nitrogens is 1. The van der Waals surface area contributed by atoms with Gasteiger partial charge in [0.15, 0.2) is 0 Å². The zero-order valence-electron chi connectivity index (χ0n) is 51.2. The largest absolute Gasteiger partial charge is 0.472 e. The van der Waals surface area contributed by atoms with Crippen LogP contribution in [0.25, 0.3) is 0 Å². The molecule has 0 heterocycles. The van der Waals surface area contributed by atoms with Crippen LogP contribution < -0.4 is 5.32 Å². The Morgan fingerprint density at radius 1 is 0.455 bits per heavy atom. The minimum Gasteiger partial charge on any atom is -0.456 e. The topological polar surface area (TPSA) is 111 Å². The van der Waals surface area contributed by atoms with Crippen LogP contribution in [0.15, 0.2) is 72.9 Å². The van der Waals surface area contributed by atoms with Gasteiger partial charge in [-0.25, -0.2) is 4.57 Å². The van der Waals surface area contributed by atoms with Crippen molar-refractivity contribution < 1.29 is 37.3 Å². The normalized spacial score (nSPS) is 14.1. The van der Waals surface area contributed by atoms with Crippen molar-refractivity contribution in [2.75, 3.05) is 40.9 Å². The summed E-state index contributed by atoms with van der Waals surface area (Å²) in [6, 6.07) is -0.856. The molecular weight excluding hydrogens is 976 g/mol. The van der Waals surface area contributed by atoms with Crippen molar-refractivity contribution in [3.8, 4) is 0 Å². The van der Waals surface area contributed by atoms with Crippen molar-refractivity contribution >= 4 is 19.7 Å². The Morgan fingerprint density at radius 3 is 1.21 bits per heavy atom. The first-order valence-electron chi connectivity index (χ1n) is 32.3. The molecule has 0 saturated heterocycles. The number of likely N-dealkylation sites (N-methyl/N-ethyl adjacent to an activating group) is 1. The van der Waals surface area contributed by atoms with E-state index in [0.717, 1.165) is 89.9 Å². The third kappa shape index (κ3) is 57.9. The van der Waals surface area contributed by atoms with Crippen LogP contribution in [0.2, 0.25) is 0 Å². The summed E-state index contributed by atoms with van der Waals surface area (Å²) in [6.45, 7) is 6.96. The van der Waals surface area contributed by atoms with Crippen LogP contribution in [0.3, 0.4) is 0 Å². The molecule has 0 fully saturated rings. The second-order valence-corrected chi connectivity index (χ2v) is 24.4. The molecular formula is C67H124N2O7P+. The molecule has 0 aliphatic rings. The first-order chi connectivity index (χ1) is 37.4. The van der Waals surface area contributed by atoms with Crippen LogP contribution >= 0.6 is 7.82 Å². The first kappa shape index (κ1) is 74.5. The van der Waals surface area contributed by atoms with Crippen molar-refractivity contribution in [3.05, 3.63) is 72.9 Å². The monoisotopic (exact) mass is 1100 g/mol. The van der Waals surface area contributed by atoms with Gasteiger partial charge in [-0.05, 0) is 102 Å². The number of nitrogens with one attached hydrogen (secondary N) is 1. The van der Waals surface area contributed by atoms with E-state index in [-0.39, 0.29) is 31.5 Å². The van der Waals surface area contributed by atoms with E-state index in [9.17, 15) is 19.0 Å². The molecule has 0 radical (unpaired) electrons. The number of nitrogens with zero attached hydrogens (tertiary/aromatic N) is 1. The molecule has 0 aliphatic heterocycles. The van der Waals surface area contributed by atoms with Gasteiger partial charge in [0.2, 0.25) is 5.91 Å². The van der Waals surface area contributed by atoms with Gasteiger partial charge in [0.25, 0.3) is 0 Å². The quantitative estimate of drug-likeness (QED) is 0.0205. The summed E-state index contributed by atoms with van der Waals surface area (Å²) < 4.78 is 30.7. The molecule has 0 aromatic rings. The molecule has 0 aromatic heterocycles. The average Bonchev–Trinajstić information content (AvgIpc) is 3.39. The molecule has 0 rings (SSSR count). The molecule has 448 valence electrons. The van der Waals surface area contributed by atoms with Crippen molar-refractivity contribution in [3.63, 3.8) is 0 Å². The number of carbonyl (C=O) groups is 2. The summed E-state index contributed by atoms with van der Waals surface area (Å²) in [4.78, 5) is 37.7. The van der Waals surface area contributed by atoms with Crippen LogP contribution in [0.5, 0.6) is 0 Å². The lowest BCUT2D eigenvalue weighted by molar-refractivity contribution is -0.870. The van der Waals surface area contributed by atoms with E-state index in [1.54, 1.807) is 0 Å². The van der Waals surface area contributed by atoms with Crippen LogP contribution in [-0.4, -0.2) is 74.3 Å². The van der Waals surface area contributed by atoms with Gasteiger partial charge in [0, 0.05) is 12.8 Å². The Morgan fingerprint density at radius 2 is 0.792 bits per heavy atom. The molecule has 3 atom stereocenters. The van der Waals surface area contributed by atoms with E-state index < -0.39 is 20.0 Å². The van der Waals surface area contributed by atoms with E-state index >= 15 is 0 Å². The van der Waals surface area contributed by atoms with E-state index in [4.69, 9.17) is 13.8 Å². The van der Waals surface area contributed by atoms with Crippen molar-refractivity contribution in [2.45, 2.75) is 303 Å². The lowest BCUT2D eigenvalue weighted by Gasteiger charge is -2.27. The molecule has 0 bridgehead atoms. The summed E-state index contributed by atoms with van der Waals surface area (Å²) in [5, 5.41) is 3.06. The Bertz CT molecular complexity index is 1550.